The number of halogens is 1. The van der Waals surface area contributed by atoms with Crippen LogP contribution in [0, 0.1) is 0 Å². The highest BCUT2D eigenvalue weighted by molar-refractivity contribution is 9.10. The van der Waals surface area contributed by atoms with Gasteiger partial charge >= 0.3 is 11.9 Å². The summed E-state index contributed by atoms with van der Waals surface area (Å²) in [6.45, 7) is 0. The number of hydrogen-bond acceptors (Lipinski definition) is 3. The van der Waals surface area contributed by atoms with E-state index in [2.05, 4.69) is 20.7 Å². The lowest BCUT2D eigenvalue weighted by Crippen LogP contribution is -1.98. The summed E-state index contributed by atoms with van der Waals surface area (Å²) in [6.07, 6.45) is 2.72. The smallest absolute Gasteiger partial charge is 0.336 e. The molecular weight excluding hydrogens is 276 g/mol. The molecule has 0 saturated carbocycles. The molecule has 0 bridgehead atoms. The highest BCUT2D eigenvalue weighted by Crippen LogP contribution is 2.19. The van der Waals surface area contributed by atoms with Gasteiger partial charge in [-0.1, -0.05) is 6.07 Å². The SMILES string of the molecule is COC(=O)C=Cc1ccc(Br)c(C(=O)O)c1. The van der Waals surface area contributed by atoms with E-state index >= 15 is 0 Å². The number of hydrogen-bond donors (Lipinski definition) is 1. The second-order valence-corrected chi connectivity index (χ2v) is 3.76. The first kappa shape index (κ1) is 12.4. The van der Waals surface area contributed by atoms with Crippen molar-refractivity contribution in [2.45, 2.75) is 0 Å². The minimum Gasteiger partial charge on any atom is -0.478 e. The lowest BCUT2D eigenvalue weighted by atomic mass is 10.1. The normalized spacial score (nSPS) is 10.4. The maximum Gasteiger partial charge on any atom is 0.336 e. The number of aromatic carboxylic acids is 1. The summed E-state index contributed by atoms with van der Waals surface area (Å²) in [5, 5.41) is 8.87. The third-order valence-electron chi connectivity index (χ3n) is 1.83. The lowest BCUT2D eigenvalue weighted by molar-refractivity contribution is -0.134. The fraction of sp³-hybridized carbons (Fsp3) is 0.0909. The molecule has 0 aromatic heterocycles. The number of carbonyl (C=O) groups is 2. The molecule has 4 nitrogen and oxygen atoms in total. The van der Waals surface area contributed by atoms with Crippen LogP contribution in [0.3, 0.4) is 0 Å². The Kier molecular flexibility index (Phi) is 4.25. The van der Waals surface area contributed by atoms with E-state index in [4.69, 9.17) is 5.11 Å². The number of benzene rings is 1. The molecule has 0 aliphatic rings. The van der Waals surface area contributed by atoms with Crippen LogP contribution < -0.4 is 0 Å². The van der Waals surface area contributed by atoms with Crippen molar-refractivity contribution in [2.75, 3.05) is 7.11 Å². The Morgan fingerprint density at radius 1 is 1.44 bits per heavy atom. The number of carboxylic acid groups (broad SMARTS) is 1. The number of carbonyl (C=O) groups excluding carboxylic acids is 1. The van der Waals surface area contributed by atoms with Gasteiger partial charge in [0.1, 0.15) is 0 Å². The summed E-state index contributed by atoms with van der Waals surface area (Å²) in [6, 6.07) is 4.77. The summed E-state index contributed by atoms with van der Waals surface area (Å²) in [7, 11) is 1.27. The molecule has 0 fully saturated rings. The van der Waals surface area contributed by atoms with Crippen molar-refractivity contribution >= 4 is 33.9 Å². The first-order chi connectivity index (χ1) is 7.54. The minimum atomic E-state index is -1.03. The summed E-state index contributed by atoms with van der Waals surface area (Å²) >= 11 is 3.13. The van der Waals surface area contributed by atoms with Crippen LogP contribution in [0.15, 0.2) is 28.7 Å². The van der Waals surface area contributed by atoms with E-state index in [0.29, 0.717) is 10.0 Å². The van der Waals surface area contributed by atoms with Gasteiger partial charge in [-0.25, -0.2) is 9.59 Å². The first-order valence-corrected chi connectivity index (χ1v) is 5.12. The van der Waals surface area contributed by atoms with E-state index in [1.807, 2.05) is 0 Å². The predicted octanol–water partition coefficient (Wildman–Crippen LogP) is 2.33. The van der Waals surface area contributed by atoms with E-state index in [-0.39, 0.29) is 5.56 Å². The topological polar surface area (TPSA) is 63.6 Å². The zero-order valence-corrected chi connectivity index (χ0v) is 10.0. The largest absolute Gasteiger partial charge is 0.478 e. The molecule has 1 aromatic rings. The molecule has 0 amide bonds. The predicted molar refractivity (Wildman–Crippen MR) is 62.2 cm³/mol. The van der Waals surface area contributed by atoms with Gasteiger partial charge in [-0.3, -0.25) is 0 Å². The standard InChI is InChI=1S/C11H9BrO4/c1-16-10(13)5-3-7-2-4-9(12)8(6-7)11(14)15/h2-6H,1H3,(H,14,15). The first-order valence-electron chi connectivity index (χ1n) is 4.33. The fourth-order valence-electron chi connectivity index (χ4n) is 1.04. The van der Waals surface area contributed by atoms with Crippen molar-refractivity contribution in [1.82, 2.24) is 0 Å². The highest BCUT2D eigenvalue weighted by Gasteiger charge is 2.07. The minimum absolute atomic E-state index is 0.145. The van der Waals surface area contributed by atoms with E-state index in [1.54, 1.807) is 12.1 Å². The molecule has 0 spiro atoms. The molecule has 1 aromatic carbocycles. The third kappa shape index (κ3) is 3.20. The molecule has 0 saturated heterocycles. The Morgan fingerprint density at radius 2 is 2.12 bits per heavy atom. The Balaban J connectivity index is 2.99. The third-order valence-corrected chi connectivity index (χ3v) is 2.53. The van der Waals surface area contributed by atoms with Gasteiger partial charge in [-0.2, -0.15) is 0 Å². The Bertz CT molecular complexity index is 451. The van der Waals surface area contributed by atoms with Crippen LogP contribution in [0.1, 0.15) is 15.9 Å². The highest BCUT2D eigenvalue weighted by atomic mass is 79.9. The number of ether oxygens (including phenoxy) is 1. The maximum absolute atomic E-state index is 10.8. The summed E-state index contributed by atoms with van der Waals surface area (Å²) in [5.41, 5.74) is 0.762. The molecule has 16 heavy (non-hydrogen) atoms. The van der Waals surface area contributed by atoms with Gasteiger partial charge in [0.05, 0.1) is 12.7 Å². The van der Waals surface area contributed by atoms with Crippen LogP contribution in [-0.4, -0.2) is 24.2 Å². The van der Waals surface area contributed by atoms with Crippen molar-refractivity contribution in [3.63, 3.8) is 0 Å². The average Bonchev–Trinajstić information content (AvgIpc) is 2.27. The van der Waals surface area contributed by atoms with Crippen LogP contribution in [0.2, 0.25) is 0 Å². The molecule has 84 valence electrons. The number of carboxylic acids is 1. The van der Waals surface area contributed by atoms with E-state index in [1.165, 1.54) is 25.3 Å². The van der Waals surface area contributed by atoms with Gasteiger partial charge in [0, 0.05) is 10.5 Å². The second-order valence-electron chi connectivity index (χ2n) is 2.90. The second kappa shape index (κ2) is 5.46. The van der Waals surface area contributed by atoms with Crippen LogP contribution in [0.25, 0.3) is 6.08 Å². The molecule has 0 heterocycles. The maximum atomic E-state index is 10.8. The quantitative estimate of drug-likeness (QED) is 0.684. The van der Waals surface area contributed by atoms with Crippen molar-refractivity contribution in [1.29, 1.82) is 0 Å². The van der Waals surface area contributed by atoms with Gasteiger partial charge in [-0.15, -0.1) is 0 Å². The van der Waals surface area contributed by atoms with E-state index in [0.717, 1.165) is 0 Å². The van der Waals surface area contributed by atoms with Gasteiger partial charge in [0.25, 0.3) is 0 Å². The van der Waals surface area contributed by atoms with Crippen molar-refractivity contribution in [3.05, 3.63) is 39.9 Å². The van der Waals surface area contributed by atoms with Gasteiger partial charge in [0.15, 0.2) is 0 Å². The molecule has 0 radical (unpaired) electrons. The number of methoxy groups -OCH3 is 1. The van der Waals surface area contributed by atoms with E-state index < -0.39 is 11.9 Å². The average molecular weight is 285 g/mol. The summed E-state index contributed by atoms with van der Waals surface area (Å²) < 4.78 is 4.92. The van der Waals surface area contributed by atoms with Crippen LogP contribution >= 0.6 is 15.9 Å². The Morgan fingerprint density at radius 3 is 2.69 bits per heavy atom. The van der Waals surface area contributed by atoms with Crippen molar-refractivity contribution in [3.8, 4) is 0 Å². The van der Waals surface area contributed by atoms with Gasteiger partial charge < -0.3 is 9.84 Å². The number of esters is 1. The van der Waals surface area contributed by atoms with Crippen LogP contribution in [0.5, 0.6) is 0 Å². The summed E-state index contributed by atoms with van der Waals surface area (Å²) in [4.78, 5) is 21.7. The molecule has 0 aliphatic heterocycles. The molecule has 1 N–H and O–H groups in total. The zero-order valence-electron chi connectivity index (χ0n) is 8.44. The van der Waals surface area contributed by atoms with Crippen LogP contribution in [-0.2, 0) is 9.53 Å². The van der Waals surface area contributed by atoms with Gasteiger partial charge in [-0.05, 0) is 39.7 Å². The van der Waals surface area contributed by atoms with E-state index in [9.17, 15) is 9.59 Å². The van der Waals surface area contributed by atoms with Crippen LogP contribution in [0.4, 0.5) is 0 Å². The monoisotopic (exact) mass is 284 g/mol. The van der Waals surface area contributed by atoms with Crippen molar-refractivity contribution in [2.24, 2.45) is 0 Å². The Labute approximate surface area is 101 Å². The zero-order chi connectivity index (χ0) is 12.1. The molecule has 0 unspecified atom stereocenters. The molecule has 5 heteroatoms. The van der Waals surface area contributed by atoms with Crippen molar-refractivity contribution < 1.29 is 19.4 Å². The lowest BCUT2D eigenvalue weighted by Gasteiger charge is -2.00. The fourth-order valence-corrected chi connectivity index (χ4v) is 1.46. The number of rotatable bonds is 3. The molecule has 0 aliphatic carbocycles. The molecule has 1 rings (SSSR count). The Hall–Kier alpha value is -1.62. The van der Waals surface area contributed by atoms with Gasteiger partial charge in [0.2, 0.25) is 0 Å². The molecule has 0 atom stereocenters. The summed E-state index contributed by atoms with van der Waals surface area (Å²) in [5.74, 6) is -1.51. The molecular formula is C11H9BrO4.